The number of carbonyl (C=O) groups is 1. The number of aromatic nitrogens is 2. The van der Waals surface area contributed by atoms with Crippen molar-refractivity contribution in [3.05, 3.63) is 42.2 Å². The molecule has 5 nitrogen and oxygen atoms in total. The number of nitrogens with zero attached hydrogens (tertiary/aromatic N) is 2. The van der Waals surface area contributed by atoms with E-state index in [0.29, 0.717) is 23.7 Å². The van der Waals surface area contributed by atoms with Gasteiger partial charge in [0.25, 0.3) is 0 Å². The van der Waals surface area contributed by atoms with Gasteiger partial charge in [0, 0.05) is 12.1 Å². The van der Waals surface area contributed by atoms with Crippen LogP contribution in [0.3, 0.4) is 0 Å². The van der Waals surface area contributed by atoms with Gasteiger partial charge in [0.2, 0.25) is 5.91 Å². The number of anilines is 3. The van der Waals surface area contributed by atoms with E-state index in [-0.39, 0.29) is 11.7 Å². The SMILES string of the molecule is CCCC(=O)Nc1ccc(Nc2cccc(F)c2)nn1. The second-order valence-corrected chi connectivity index (χ2v) is 4.24. The highest BCUT2D eigenvalue weighted by atomic mass is 19.1. The summed E-state index contributed by atoms with van der Waals surface area (Å²) in [6.45, 7) is 1.93. The first-order chi connectivity index (χ1) is 9.67. The van der Waals surface area contributed by atoms with Crippen molar-refractivity contribution in [2.24, 2.45) is 0 Å². The Morgan fingerprint density at radius 3 is 2.60 bits per heavy atom. The number of hydrogen-bond donors (Lipinski definition) is 2. The van der Waals surface area contributed by atoms with Crippen LogP contribution in [0.2, 0.25) is 0 Å². The normalized spacial score (nSPS) is 10.1. The zero-order chi connectivity index (χ0) is 14.4. The summed E-state index contributed by atoms with van der Waals surface area (Å²) >= 11 is 0. The third-order valence-corrected chi connectivity index (χ3v) is 2.51. The fourth-order valence-electron chi connectivity index (χ4n) is 1.61. The van der Waals surface area contributed by atoms with Crippen molar-refractivity contribution in [1.82, 2.24) is 10.2 Å². The minimum Gasteiger partial charge on any atom is -0.339 e. The van der Waals surface area contributed by atoms with Gasteiger partial charge in [-0.05, 0) is 36.8 Å². The zero-order valence-corrected chi connectivity index (χ0v) is 11.1. The molecule has 1 aromatic heterocycles. The van der Waals surface area contributed by atoms with Gasteiger partial charge in [0.1, 0.15) is 5.82 Å². The predicted molar refractivity (Wildman–Crippen MR) is 75.3 cm³/mol. The third kappa shape index (κ3) is 4.01. The van der Waals surface area contributed by atoms with Crippen LogP contribution in [-0.2, 0) is 4.79 Å². The molecule has 2 N–H and O–H groups in total. The molecule has 0 aliphatic carbocycles. The number of hydrogen-bond acceptors (Lipinski definition) is 4. The number of halogens is 1. The predicted octanol–water partition coefficient (Wildman–Crippen LogP) is 3.10. The molecule has 2 rings (SSSR count). The Labute approximate surface area is 116 Å². The van der Waals surface area contributed by atoms with E-state index < -0.39 is 0 Å². The van der Waals surface area contributed by atoms with Crippen molar-refractivity contribution in [3.63, 3.8) is 0 Å². The first-order valence-corrected chi connectivity index (χ1v) is 6.33. The molecule has 104 valence electrons. The third-order valence-electron chi connectivity index (χ3n) is 2.51. The molecule has 0 aliphatic heterocycles. The fourth-order valence-corrected chi connectivity index (χ4v) is 1.61. The second-order valence-electron chi connectivity index (χ2n) is 4.24. The van der Waals surface area contributed by atoms with E-state index >= 15 is 0 Å². The maximum atomic E-state index is 13.0. The molecular weight excluding hydrogens is 259 g/mol. The number of carbonyl (C=O) groups excluding carboxylic acids is 1. The summed E-state index contributed by atoms with van der Waals surface area (Å²) < 4.78 is 13.0. The van der Waals surface area contributed by atoms with Crippen LogP contribution < -0.4 is 10.6 Å². The minimum atomic E-state index is -0.327. The molecule has 0 aliphatic rings. The Balaban J connectivity index is 1.99. The van der Waals surface area contributed by atoms with Crippen molar-refractivity contribution >= 4 is 23.2 Å². The molecule has 0 spiro atoms. The highest BCUT2D eigenvalue weighted by molar-refractivity contribution is 5.89. The number of rotatable bonds is 5. The summed E-state index contributed by atoms with van der Waals surface area (Å²) in [6, 6.07) is 9.36. The molecule has 1 aromatic carbocycles. The van der Waals surface area contributed by atoms with Crippen molar-refractivity contribution in [3.8, 4) is 0 Å². The highest BCUT2D eigenvalue weighted by Crippen LogP contribution is 2.15. The van der Waals surface area contributed by atoms with Gasteiger partial charge < -0.3 is 10.6 Å². The average molecular weight is 274 g/mol. The van der Waals surface area contributed by atoms with E-state index in [1.165, 1.54) is 12.1 Å². The minimum absolute atomic E-state index is 0.0901. The Kier molecular flexibility index (Phi) is 4.60. The smallest absolute Gasteiger partial charge is 0.225 e. The monoisotopic (exact) mass is 274 g/mol. The van der Waals surface area contributed by atoms with Crippen LogP contribution in [0.15, 0.2) is 36.4 Å². The molecule has 0 atom stereocenters. The van der Waals surface area contributed by atoms with Gasteiger partial charge in [-0.25, -0.2) is 4.39 Å². The molecule has 1 amide bonds. The summed E-state index contributed by atoms with van der Waals surface area (Å²) in [4.78, 5) is 11.4. The highest BCUT2D eigenvalue weighted by Gasteiger charge is 2.03. The van der Waals surface area contributed by atoms with Crippen LogP contribution >= 0.6 is 0 Å². The van der Waals surface area contributed by atoms with Gasteiger partial charge in [-0.15, -0.1) is 10.2 Å². The summed E-state index contributed by atoms with van der Waals surface area (Å²) in [7, 11) is 0. The molecule has 0 radical (unpaired) electrons. The van der Waals surface area contributed by atoms with E-state index in [1.807, 2.05) is 6.92 Å². The van der Waals surface area contributed by atoms with Crippen LogP contribution in [0.5, 0.6) is 0 Å². The fraction of sp³-hybridized carbons (Fsp3) is 0.214. The molecule has 0 saturated heterocycles. The first-order valence-electron chi connectivity index (χ1n) is 6.33. The van der Waals surface area contributed by atoms with Gasteiger partial charge in [-0.3, -0.25) is 4.79 Å². The lowest BCUT2D eigenvalue weighted by atomic mass is 10.3. The summed E-state index contributed by atoms with van der Waals surface area (Å²) in [5.74, 6) is 0.455. The molecule has 20 heavy (non-hydrogen) atoms. The zero-order valence-electron chi connectivity index (χ0n) is 11.1. The standard InChI is InChI=1S/C14H15FN4O/c1-2-4-14(20)17-13-8-7-12(18-19-13)16-11-6-3-5-10(15)9-11/h3,5-9H,2,4H2,1H3,(H,16,18)(H,17,19,20). The molecule has 0 fully saturated rings. The number of nitrogens with one attached hydrogen (secondary N) is 2. The Morgan fingerprint density at radius 2 is 1.95 bits per heavy atom. The lowest BCUT2D eigenvalue weighted by Crippen LogP contribution is -2.12. The molecule has 6 heteroatoms. The second kappa shape index (κ2) is 6.60. The van der Waals surface area contributed by atoms with Gasteiger partial charge in [0.05, 0.1) is 0 Å². The van der Waals surface area contributed by atoms with E-state index in [2.05, 4.69) is 20.8 Å². The molecule has 0 saturated carbocycles. The van der Waals surface area contributed by atoms with E-state index in [1.54, 1.807) is 24.3 Å². The van der Waals surface area contributed by atoms with Gasteiger partial charge in [0.15, 0.2) is 11.6 Å². The molecule has 1 heterocycles. The maximum Gasteiger partial charge on any atom is 0.225 e. The Bertz CT molecular complexity index is 586. The van der Waals surface area contributed by atoms with E-state index in [9.17, 15) is 9.18 Å². The Morgan fingerprint density at radius 1 is 1.20 bits per heavy atom. The number of benzene rings is 1. The van der Waals surface area contributed by atoms with Gasteiger partial charge in [-0.2, -0.15) is 0 Å². The maximum absolute atomic E-state index is 13.0. The topological polar surface area (TPSA) is 66.9 Å². The largest absolute Gasteiger partial charge is 0.339 e. The number of amides is 1. The lowest BCUT2D eigenvalue weighted by molar-refractivity contribution is -0.116. The van der Waals surface area contributed by atoms with Crippen molar-refractivity contribution in [2.45, 2.75) is 19.8 Å². The molecular formula is C14H15FN4O. The van der Waals surface area contributed by atoms with Gasteiger partial charge in [-0.1, -0.05) is 13.0 Å². The molecule has 0 unspecified atom stereocenters. The first kappa shape index (κ1) is 13.9. The molecule has 0 bridgehead atoms. The van der Waals surface area contributed by atoms with Crippen LogP contribution in [0.25, 0.3) is 0 Å². The van der Waals surface area contributed by atoms with Gasteiger partial charge >= 0.3 is 0 Å². The van der Waals surface area contributed by atoms with Crippen LogP contribution in [-0.4, -0.2) is 16.1 Å². The lowest BCUT2D eigenvalue weighted by Gasteiger charge is -2.06. The quantitative estimate of drug-likeness (QED) is 0.879. The van der Waals surface area contributed by atoms with Crippen LogP contribution in [0.4, 0.5) is 21.7 Å². The summed E-state index contributed by atoms with van der Waals surface area (Å²) in [5, 5.41) is 13.4. The average Bonchev–Trinajstić information content (AvgIpc) is 2.41. The van der Waals surface area contributed by atoms with E-state index in [4.69, 9.17) is 0 Å². The molecule has 2 aromatic rings. The van der Waals surface area contributed by atoms with E-state index in [0.717, 1.165) is 6.42 Å². The summed E-state index contributed by atoms with van der Waals surface area (Å²) in [5.41, 5.74) is 0.585. The summed E-state index contributed by atoms with van der Waals surface area (Å²) in [6.07, 6.45) is 1.23. The van der Waals surface area contributed by atoms with Crippen molar-refractivity contribution in [1.29, 1.82) is 0 Å². The Hall–Kier alpha value is -2.50. The van der Waals surface area contributed by atoms with Crippen molar-refractivity contribution < 1.29 is 9.18 Å². The van der Waals surface area contributed by atoms with Crippen LogP contribution in [0, 0.1) is 5.82 Å². The van der Waals surface area contributed by atoms with Crippen molar-refractivity contribution in [2.75, 3.05) is 10.6 Å². The van der Waals surface area contributed by atoms with Crippen LogP contribution in [0.1, 0.15) is 19.8 Å².